The largest absolute Gasteiger partial charge is 0.469 e. The molecule has 0 spiro atoms. The van der Waals surface area contributed by atoms with E-state index in [-0.39, 0.29) is 11.9 Å². The number of amides is 1. The van der Waals surface area contributed by atoms with Gasteiger partial charge in [-0.25, -0.2) is 4.98 Å². The van der Waals surface area contributed by atoms with Gasteiger partial charge in [0.2, 0.25) is 5.91 Å². The molecular weight excluding hydrogens is 362 g/mol. The minimum absolute atomic E-state index is 0.0516. The van der Waals surface area contributed by atoms with Crippen LogP contribution < -0.4 is 5.32 Å². The van der Waals surface area contributed by atoms with Crippen LogP contribution in [0.25, 0.3) is 16.7 Å². The molecule has 1 aliphatic carbocycles. The fourth-order valence-corrected chi connectivity index (χ4v) is 4.24. The van der Waals surface area contributed by atoms with Gasteiger partial charge in [0.1, 0.15) is 11.6 Å². The summed E-state index contributed by atoms with van der Waals surface area (Å²) in [7, 11) is 0. The predicted octanol–water partition coefficient (Wildman–Crippen LogP) is 4.74. The molecule has 2 aromatic carbocycles. The standard InChI is InChI=1S/C24H23N3O2/c28-24(26-19-10-6-12-22-18(19)15-16-29-22)14-13-23-25-20-9-4-5-11-21(20)27(23)17-7-2-1-3-8-17/h1-5,7-9,11,15-16,19H,6,10,12-14H2,(H,26,28). The summed E-state index contributed by atoms with van der Waals surface area (Å²) in [6.07, 6.45) is 5.66. The van der Waals surface area contributed by atoms with E-state index >= 15 is 0 Å². The number of hydrogen-bond acceptors (Lipinski definition) is 3. The third-order valence-corrected chi connectivity index (χ3v) is 5.61. The molecule has 0 bridgehead atoms. The lowest BCUT2D eigenvalue weighted by Gasteiger charge is -2.22. The number of rotatable bonds is 5. The Morgan fingerprint density at radius 1 is 1.10 bits per heavy atom. The summed E-state index contributed by atoms with van der Waals surface area (Å²) >= 11 is 0. The van der Waals surface area contributed by atoms with E-state index in [0.29, 0.717) is 12.8 Å². The molecule has 2 heterocycles. The van der Waals surface area contributed by atoms with Crippen molar-refractivity contribution in [3.05, 3.63) is 84.1 Å². The van der Waals surface area contributed by atoms with E-state index in [1.807, 2.05) is 42.5 Å². The van der Waals surface area contributed by atoms with Gasteiger partial charge in [-0.2, -0.15) is 0 Å². The molecule has 1 aliphatic rings. The van der Waals surface area contributed by atoms with Gasteiger partial charge >= 0.3 is 0 Å². The Kier molecular flexibility index (Phi) is 4.64. The Bertz CT molecular complexity index is 1140. The average Bonchev–Trinajstić information content (AvgIpc) is 3.38. The van der Waals surface area contributed by atoms with E-state index in [1.165, 1.54) is 0 Å². The summed E-state index contributed by atoms with van der Waals surface area (Å²) < 4.78 is 7.68. The van der Waals surface area contributed by atoms with Gasteiger partial charge in [0, 0.05) is 30.5 Å². The van der Waals surface area contributed by atoms with E-state index in [2.05, 4.69) is 28.1 Å². The predicted molar refractivity (Wildman–Crippen MR) is 112 cm³/mol. The van der Waals surface area contributed by atoms with Crippen LogP contribution in [-0.4, -0.2) is 15.5 Å². The average molecular weight is 385 g/mol. The third kappa shape index (κ3) is 3.44. The number of nitrogens with one attached hydrogen (secondary N) is 1. The molecule has 1 unspecified atom stereocenters. The van der Waals surface area contributed by atoms with Crippen LogP contribution in [-0.2, 0) is 17.6 Å². The molecular formula is C24H23N3O2. The van der Waals surface area contributed by atoms with Crippen LogP contribution in [0.1, 0.15) is 42.5 Å². The molecule has 2 aromatic heterocycles. The van der Waals surface area contributed by atoms with Gasteiger partial charge in [0.15, 0.2) is 0 Å². The Morgan fingerprint density at radius 3 is 2.83 bits per heavy atom. The second kappa shape index (κ2) is 7.59. The van der Waals surface area contributed by atoms with Crippen molar-refractivity contribution in [1.82, 2.24) is 14.9 Å². The molecule has 1 N–H and O–H groups in total. The molecule has 5 heteroatoms. The van der Waals surface area contributed by atoms with Crippen molar-refractivity contribution >= 4 is 16.9 Å². The first kappa shape index (κ1) is 17.7. The van der Waals surface area contributed by atoms with Crippen molar-refractivity contribution < 1.29 is 9.21 Å². The van der Waals surface area contributed by atoms with Crippen molar-refractivity contribution in [2.75, 3.05) is 0 Å². The molecule has 1 atom stereocenters. The highest BCUT2D eigenvalue weighted by atomic mass is 16.3. The Balaban J connectivity index is 1.36. The Hall–Kier alpha value is -3.34. The maximum absolute atomic E-state index is 12.7. The van der Waals surface area contributed by atoms with Crippen LogP contribution in [0.3, 0.4) is 0 Å². The quantitative estimate of drug-likeness (QED) is 0.540. The van der Waals surface area contributed by atoms with Crippen LogP contribution in [0.2, 0.25) is 0 Å². The molecule has 0 aliphatic heterocycles. The highest BCUT2D eigenvalue weighted by molar-refractivity contribution is 5.79. The second-order valence-corrected chi connectivity index (χ2v) is 7.50. The normalized spacial score (nSPS) is 15.9. The molecule has 0 saturated heterocycles. The number of fused-ring (bicyclic) bond motifs is 2. The van der Waals surface area contributed by atoms with Crippen molar-refractivity contribution in [3.8, 4) is 5.69 Å². The van der Waals surface area contributed by atoms with Gasteiger partial charge in [-0.3, -0.25) is 9.36 Å². The topological polar surface area (TPSA) is 60.1 Å². The highest BCUT2D eigenvalue weighted by Gasteiger charge is 2.24. The minimum Gasteiger partial charge on any atom is -0.469 e. The minimum atomic E-state index is 0.0516. The first-order valence-corrected chi connectivity index (χ1v) is 10.2. The van der Waals surface area contributed by atoms with Crippen molar-refractivity contribution in [2.24, 2.45) is 0 Å². The summed E-state index contributed by atoms with van der Waals surface area (Å²) in [6, 6.07) is 20.3. The molecule has 1 amide bonds. The number of nitrogens with zero attached hydrogens (tertiary/aromatic N) is 2. The summed E-state index contributed by atoms with van der Waals surface area (Å²) in [5.41, 5.74) is 4.19. The first-order chi connectivity index (χ1) is 14.3. The van der Waals surface area contributed by atoms with E-state index in [4.69, 9.17) is 9.40 Å². The summed E-state index contributed by atoms with van der Waals surface area (Å²) in [5.74, 6) is 1.96. The van der Waals surface area contributed by atoms with Gasteiger partial charge in [-0.05, 0) is 43.2 Å². The van der Waals surface area contributed by atoms with E-state index in [0.717, 1.165) is 53.1 Å². The highest BCUT2D eigenvalue weighted by Crippen LogP contribution is 2.30. The summed E-state index contributed by atoms with van der Waals surface area (Å²) in [4.78, 5) is 17.5. The van der Waals surface area contributed by atoms with Crippen LogP contribution >= 0.6 is 0 Å². The first-order valence-electron chi connectivity index (χ1n) is 10.2. The smallest absolute Gasteiger partial charge is 0.220 e. The van der Waals surface area contributed by atoms with Gasteiger partial charge in [-0.1, -0.05) is 30.3 Å². The van der Waals surface area contributed by atoms with E-state index in [1.54, 1.807) is 6.26 Å². The number of carbonyl (C=O) groups excluding carboxylic acids is 1. The van der Waals surface area contributed by atoms with Crippen molar-refractivity contribution in [2.45, 2.75) is 38.1 Å². The fraction of sp³-hybridized carbons (Fsp3) is 0.250. The van der Waals surface area contributed by atoms with Gasteiger partial charge in [-0.15, -0.1) is 0 Å². The third-order valence-electron chi connectivity index (χ3n) is 5.61. The lowest BCUT2D eigenvalue weighted by atomic mass is 9.93. The molecule has 0 radical (unpaired) electrons. The number of carbonyl (C=O) groups is 1. The van der Waals surface area contributed by atoms with Crippen LogP contribution in [0, 0.1) is 0 Å². The number of aromatic nitrogens is 2. The van der Waals surface area contributed by atoms with Crippen LogP contribution in [0.5, 0.6) is 0 Å². The number of imidazole rings is 1. The zero-order chi connectivity index (χ0) is 19.6. The number of aryl methyl sites for hydroxylation is 2. The molecule has 29 heavy (non-hydrogen) atoms. The molecule has 5 rings (SSSR count). The number of benzene rings is 2. The van der Waals surface area contributed by atoms with Crippen molar-refractivity contribution in [1.29, 1.82) is 0 Å². The van der Waals surface area contributed by atoms with E-state index in [9.17, 15) is 4.79 Å². The molecule has 4 aromatic rings. The van der Waals surface area contributed by atoms with Gasteiger partial charge < -0.3 is 9.73 Å². The zero-order valence-corrected chi connectivity index (χ0v) is 16.2. The monoisotopic (exact) mass is 385 g/mol. The Labute approximate surface area is 169 Å². The lowest BCUT2D eigenvalue weighted by Crippen LogP contribution is -2.30. The fourth-order valence-electron chi connectivity index (χ4n) is 4.24. The molecule has 0 fully saturated rings. The van der Waals surface area contributed by atoms with Gasteiger partial charge in [0.05, 0.1) is 23.3 Å². The summed E-state index contributed by atoms with van der Waals surface area (Å²) in [6.45, 7) is 0. The molecule has 146 valence electrons. The van der Waals surface area contributed by atoms with Gasteiger partial charge in [0.25, 0.3) is 0 Å². The number of hydrogen-bond donors (Lipinski definition) is 1. The Morgan fingerprint density at radius 2 is 1.93 bits per heavy atom. The number of furan rings is 1. The zero-order valence-electron chi connectivity index (χ0n) is 16.2. The van der Waals surface area contributed by atoms with Crippen LogP contribution in [0.15, 0.2) is 71.3 Å². The molecule has 5 nitrogen and oxygen atoms in total. The maximum atomic E-state index is 12.7. The SMILES string of the molecule is O=C(CCc1nc2ccccc2n1-c1ccccc1)NC1CCCc2occc21. The maximum Gasteiger partial charge on any atom is 0.220 e. The van der Waals surface area contributed by atoms with E-state index < -0.39 is 0 Å². The second-order valence-electron chi connectivity index (χ2n) is 7.50. The molecule has 0 saturated carbocycles. The summed E-state index contributed by atoms with van der Waals surface area (Å²) in [5, 5.41) is 3.19. The van der Waals surface area contributed by atoms with Crippen LogP contribution in [0.4, 0.5) is 0 Å². The number of para-hydroxylation sites is 3. The van der Waals surface area contributed by atoms with Crippen molar-refractivity contribution in [3.63, 3.8) is 0 Å². The lowest BCUT2D eigenvalue weighted by molar-refractivity contribution is -0.121.